The number of amides is 2. The summed E-state index contributed by atoms with van der Waals surface area (Å²) in [5, 5.41) is 3.80. The van der Waals surface area contributed by atoms with Crippen LogP contribution in [0.1, 0.15) is 18.7 Å². The predicted molar refractivity (Wildman–Crippen MR) is 115 cm³/mol. The summed E-state index contributed by atoms with van der Waals surface area (Å²) in [4.78, 5) is 28.8. The Morgan fingerprint density at radius 2 is 2.07 bits per heavy atom. The molecular weight excluding hydrogens is 406 g/mol. The number of carbonyl (C=O) groups is 1. The van der Waals surface area contributed by atoms with E-state index in [0.29, 0.717) is 35.6 Å². The number of likely N-dealkylation sites (N-methyl/N-ethyl adjacent to an activating group) is 1. The van der Waals surface area contributed by atoms with Gasteiger partial charge in [0.2, 0.25) is 5.95 Å². The van der Waals surface area contributed by atoms with E-state index < -0.39 is 0 Å². The number of anilines is 2. The summed E-state index contributed by atoms with van der Waals surface area (Å²) in [6, 6.07) is 7.05. The number of nitrogens with zero attached hydrogens (tertiary/aromatic N) is 6. The molecule has 0 bridgehead atoms. The molecule has 1 aromatic carbocycles. The molecule has 1 aliphatic rings. The summed E-state index contributed by atoms with van der Waals surface area (Å²) in [6.07, 6.45) is 5.29. The summed E-state index contributed by atoms with van der Waals surface area (Å²) in [5.41, 5.74) is 1.70. The van der Waals surface area contributed by atoms with Crippen LogP contribution in [0.15, 0.2) is 43.0 Å². The molecular formula is C20H22ClN7O2. The number of urea groups is 1. The van der Waals surface area contributed by atoms with Gasteiger partial charge in [0.25, 0.3) is 0 Å². The number of imidazole rings is 1. The highest BCUT2D eigenvalue weighted by Crippen LogP contribution is 2.27. The van der Waals surface area contributed by atoms with Gasteiger partial charge in [-0.25, -0.2) is 14.8 Å². The standard InChI is InChI=1S/C20H22ClN7O2/c1-13(16-11-27(12-23-16)14-4-5-15(21)17(10-14)30-3)24-19-22-7-6-18(25-19)28-9-8-26(2)20(28)29/h4-7,10-13H,8-9H2,1-3H3,(H,22,24,25). The Labute approximate surface area is 179 Å². The number of ether oxygens (including phenoxy) is 1. The molecule has 10 heteroatoms. The number of halogens is 1. The van der Waals surface area contributed by atoms with Gasteiger partial charge in [-0.15, -0.1) is 0 Å². The molecule has 1 saturated heterocycles. The third kappa shape index (κ3) is 3.88. The maximum absolute atomic E-state index is 12.2. The van der Waals surface area contributed by atoms with Crippen molar-refractivity contribution in [3.8, 4) is 11.4 Å². The van der Waals surface area contributed by atoms with Gasteiger partial charge >= 0.3 is 6.03 Å². The first-order valence-electron chi connectivity index (χ1n) is 9.46. The van der Waals surface area contributed by atoms with Gasteiger partial charge in [0.05, 0.1) is 35.9 Å². The molecule has 1 aliphatic heterocycles. The van der Waals surface area contributed by atoms with Crippen LogP contribution in [0.3, 0.4) is 0 Å². The Balaban J connectivity index is 1.49. The van der Waals surface area contributed by atoms with Crippen LogP contribution in [0, 0.1) is 0 Å². The molecule has 0 saturated carbocycles. The second-order valence-electron chi connectivity index (χ2n) is 6.98. The summed E-state index contributed by atoms with van der Waals surface area (Å²) < 4.78 is 7.17. The minimum atomic E-state index is -0.146. The predicted octanol–water partition coefficient (Wildman–Crippen LogP) is 3.37. The van der Waals surface area contributed by atoms with Gasteiger partial charge in [-0.3, -0.25) is 4.90 Å². The second-order valence-corrected chi connectivity index (χ2v) is 7.39. The van der Waals surface area contributed by atoms with Gasteiger partial charge < -0.3 is 19.5 Å². The first-order valence-corrected chi connectivity index (χ1v) is 9.84. The van der Waals surface area contributed by atoms with Gasteiger partial charge in [-0.05, 0) is 25.1 Å². The topological polar surface area (TPSA) is 88.4 Å². The van der Waals surface area contributed by atoms with E-state index in [4.69, 9.17) is 16.3 Å². The van der Waals surface area contributed by atoms with Crippen LogP contribution in [-0.2, 0) is 0 Å². The van der Waals surface area contributed by atoms with Crippen molar-refractivity contribution >= 4 is 29.4 Å². The first kappa shape index (κ1) is 20.0. The number of nitrogens with one attached hydrogen (secondary N) is 1. The molecule has 0 radical (unpaired) electrons. The van der Waals surface area contributed by atoms with Crippen molar-refractivity contribution in [1.82, 2.24) is 24.4 Å². The Morgan fingerprint density at radius 3 is 2.80 bits per heavy atom. The number of methoxy groups -OCH3 is 1. The molecule has 4 rings (SSSR count). The van der Waals surface area contributed by atoms with E-state index in [9.17, 15) is 4.79 Å². The van der Waals surface area contributed by atoms with Crippen LogP contribution >= 0.6 is 11.6 Å². The summed E-state index contributed by atoms with van der Waals surface area (Å²) in [6.45, 7) is 3.26. The fourth-order valence-corrected chi connectivity index (χ4v) is 3.40. The fourth-order valence-electron chi connectivity index (χ4n) is 3.21. The molecule has 156 valence electrons. The number of benzene rings is 1. The SMILES string of the molecule is COc1cc(-n2cnc(C(C)Nc3nccc(N4CCN(C)C4=O)n3)c2)ccc1Cl. The maximum Gasteiger partial charge on any atom is 0.325 e. The maximum atomic E-state index is 12.2. The van der Waals surface area contributed by atoms with Crippen LogP contribution < -0.4 is 15.0 Å². The van der Waals surface area contributed by atoms with Crippen LogP contribution in [0.2, 0.25) is 5.02 Å². The van der Waals surface area contributed by atoms with Crippen molar-refractivity contribution in [1.29, 1.82) is 0 Å². The molecule has 30 heavy (non-hydrogen) atoms. The fraction of sp³-hybridized carbons (Fsp3) is 0.300. The molecule has 9 nitrogen and oxygen atoms in total. The quantitative estimate of drug-likeness (QED) is 0.648. The Morgan fingerprint density at radius 1 is 1.23 bits per heavy atom. The minimum Gasteiger partial charge on any atom is -0.495 e. The number of rotatable bonds is 6. The molecule has 2 aromatic heterocycles. The largest absolute Gasteiger partial charge is 0.495 e. The molecule has 1 fully saturated rings. The molecule has 3 aromatic rings. The van der Waals surface area contributed by atoms with E-state index >= 15 is 0 Å². The molecule has 3 heterocycles. The van der Waals surface area contributed by atoms with E-state index in [-0.39, 0.29) is 12.1 Å². The van der Waals surface area contributed by atoms with E-state index in [1.807, 2.05) is 29.8 Å². The highest BCUT2D eigenvalue weighted by molar-refractivity contribution is 6.32. The minimum absolute atomic E-state index is 0.0650. The van der Waals surface area contributed by atoms with Crippen LogP contribution in [0.4, 0.5) is 16.6 Å². The van der Waals surface area contributed by atoms with Gasteiger partial charge in [-0.1, -0.05) is 11.6 Å². The monoisotopic (exact) mass is 427 g/mol. The summed E-state index contributed by atoms with van der Waals surface area (Å²) in [7, 11) is 3.36. The average molecular weight is 428 g/mol. The van der Waals surface area contributed by atoms with Crippen molar-refractivity contribution in [2.24, 2.45) is 0 Å². The molecule has 0 spiro atoms. The van der Waals surface area contributed by atoms with Crippen molar-refractivity contribution < 1.29 is 9.53 Å². The average Bonchev–Trinajstić information content (AvgIpc) is 3.36. The van der Waals surface area contributed by atoms with Crippen molar-refractivity contribution in [3.63, 3.8) is 0 Å². The zero-order chi connectivity index (χ0) is 21.3. The van der Waals surface area contributed by atoms with Crippen LogP contribution in [-0.4, -0.2) is 57.7 Å². The lowest BCUT2D eigenvalue weighted by molar-refractivity contribution is 0.229. The highest BCUT2D eigenvalue weighted by atomic mass is 35.5. The first-order chi connectivity index (χ1) is 14.5. The van der Waals surface area contributed by atoms with E-state index in [2.05, 4.69) is 20.3 Å². The molecule has 2 amide bonds. The van der Waals surface area contributed by atoms with Crippen molar-refractivity contribution in [2.45, 2.75) is 13.0 Å². The Hall–Kier alpha value is -3.33. The lowest BCUT2D eigenvalue weighted by atomic mass is 10.2. The van der Waals surface area contributed by atoms with E-state index in [1.54, 1.807) is 48.6 Å². The van der Waals surface area contributed by atoms with Gasteiger partial charge in [0.15, 0.2) is 0 Å². The smallest absolute Gasteiger partial charge is 0.325 e. The number of carbonyl (C=O) groups excluding carboxylic acids is 1. The van der Waals surface area contributed by atoms with Gasteiger partial charge in [-0.2, -0.15) is 4.98 Å². The normalized spacial score (nSPS) is 14.9. The Kier molecular flexibility index (Phi) is 5.45. The third-order valence-corrected chi connectivity index (χ3v) is 5.27. The van der Waals surface area contributed by atoms with Crippen LogP contribution in [0.25, 0.3) is 5.69 Å². The summed E-state index contributed by atoms with van der Waals surface area (Å²) >= 11 is 6.11. The van der Waals surface area contributed by atoms with Gasteiger partial charge in [0, 0.05) is 38.6 Å². The molecule has 1 atom stereocenters. The lowest BCUT2D eigenvalue weighted by Crippen LogP contribution is -2.30. The molecule has 0 aliphatic carbocycles. The number of aromatic nitrogens is 4. The number of hydrogen-bond acceptors (Lipinski definition) is 6. The zero-order valence-electron chi connectivity index (χ0n) is 16.9. The number of hydrogen-bond donors (Lipinski definition) is 1. The second kappa shape index (κ2) is 8.19. The zero-order valence-corrected chi connectivity index (χ0v) is 17.7. The Bertz CT molecular complexity index is 1070. The van der Waals surface area contributed by atoms with Crippen molar-refractivity contribution in [2.75, 3.05) is 37.5 Å². The lowest BCUT2D eigenvalue weighted by Gasteiger charge is -2.17. The van der Waals surface area contributed by atoms with Crippen LogP contribution in [0.5, 0.6) is 5.75 Å². The molecule has 1 N–H and O–H groups in total. The third-order valence-electron chi connectivity index (χ3n) is 4.96. The van der Waals surface area contributed by atoms with E-state index in [0.717, 1.165) is 11.4 Å². The summed E-state index contributed by atoms with van der Waals surface area (Å²) in [5.74, 6) is 1.61. The highest BCUT2D eigenvalue weighted by Gasteiger charge is 2.27. The van der Waals surface area contributed by atoms with Gasteiger partial charge in [0.1, 0.15) is 11.6 Å². The molecule has 1 unspecified atom stereocenters. The van der Waals surface area contributed by atoms with Crippen molar-refractivity contribution in [3.05, 3.63) is 53.7 Å². The van der Waals surface area contributed by atoms with E-state index in [1.165, 1.54) is 0 Å².